The summed E-state index contributed by atoms with van der Waals surface area (Å²) in [7, 11) is 0. The first-order valence-electron chi connectivity index (χ1n) is 26.4. The van der Waals surface area contributed by atoms with Crippen LogP contribution in [0.1, 0.15) is 70.8 Å². The summed E-state index contributed by atoms with van der Waals surface area (Å²) in [6.07, 6.45) is -13.0. The number of aliphatic hydroxyl groups is 3. The van der Waals surface area contributed by atoms with E-state index in [0.29, 0.717) is 17.1 Å². The minimum absolute atomic E-state index is 0.00660. The van der Waals surface area contributed by atoms with Crippen molar-refractivity contribution in [3.05, 3.63) is 206 Å². The third-order valence-corrected chi connectivity index (χ3v) is 14.1. The van der Waals surface area contributed by atoms with Crippen molar-refractivity contribution in [2.45, 2.75) is 116 Å². The number of benzene rings is 5. The third kappa shape index (κ3) is 15.7. The Kier molecular flexibility index (Phi) is 19.2. The Hall–Kier alpha value is -9.75. The molecule has 27 heteroatoms. The van der Waals surface area contributed by atoms with Gasteiger partial charge >= 0.3 is 18.5 Å². The van der Waals surface area contributed by atoms with Crippen molar-refractivity contribution in [1.29, 1.82) is 0 Å². The molecule has 89 heavy (non-hydrogen) atoms. The first-order valence-corrected chi connectivity index (χ1v) is 26.4. The van der Waals surface area contributed by atoms with Crippen molar-refractivity contribution < 1.29 is 78.0 Å². The number of halogens is 11. The summed E-state index contributed by atoms with van der Waals surface area (Å²) in [5.41, 5.74) is -6.40. The highest BCUT2D eigenvalue weighted by atomic mass is 19.4. The second-order valence-corrected chi connectivity index (χ2v) is 21.6. The first kappa shape index (κ1) is 66.8. The topological polar surface area (TPSA) is 191 Å². The van der Waals surface area contributed by atoms with E-state index in [1.165, 1.54) is 37.6 Å². The maximum absolute atomic E-state index is 14.1. The Morgan fingerprint density at radius 3 is 1.34 bits per heavy atom. The van der Waals surface area contributed by atoms with Gasteiger partial charge in [-0.1, -0.05) is 90.5 Å². The molecule has 9 aromatic rings. The number of carbonyl (C=O) groups is 3. The molecule has 0 aliphatic heterocycles. The predicted molar refractivity (Wildman–Crippen MR) is 302 cm³/mol. The van der Waals surface area contributed by atoms with Gasteiger partial charge in [-0.15, -0.1) is 15.2 Å². The van der Waals surface area contributed by atoms with E-state index in [0.717, 1.165) is 67.4 Å². The molecule has 3 atom stereocenters. The number of nitrogens with zero attached hydrogens (tertiary/aromatic N) is 10. The Morgan fingerprint density at radius 1 is 0.517 bits per heavy atom. The molecule has 462 valence electrons. The zero-order chi connectivity index (χ0) is 65.9. The van der Waals surface area contributed by atoms with Gasteiger partial charge in [0.05, 0.1) is 76.8 Å². The molecular formula is C62H51F11N10O6. The van der Waals surface area contributed by atoms with Gasteiger partial charge in [0, 0.05) is 36.4 Å². The van der Waals surface area contributed by atoms with Gasteiger partial charge in [-0.3, -0.25) is 28.4 Å². The molecule has 0 aliphatic carbocycles. The molecule has 0 radical (unpaired) electrons. The molecule has 4 heterocycles. The van der Waals surface area contributed by atoms with E-state index in [-0.39, 0.29) is 40.6 Å². The van der Waals surface area contributed by atoms with Gasteiger partial charge in [0.15, 0.2) is 28.7 Å². The number of aromatic nitrogens is 7. The fraction of sp³-hybridized carbons (Fsp3) is 0.290. The lowest BCUT2D eigenvalue weighted by Gasteiger charge is -2.22. The van der Waals surface area contributed by atoms with Crippen LogP contribution in [0.2, 0.25) is 0 Å². The molecule has 3 N–H and O–H groups in total. The largest absolute Gasteiger partial charge is 0.409 e. The molecule has 16 nitrogen and oxygen atoms in total. The fourth-order valence-corrected chi connectivity index (χ4v) is 9.29. The van der Waals surface area contributed by atoms with E-state index in [2.05, 4.69) is 34.8 Å². The van der Waals surface area contributed by atoms with Crippen molar-refractivity contribution in [3.8, 4) is 0 Å². The molecule has 0 amide bonds. The van der Waals surface area contributed by atoms with E-state index < -0.39 is 124 Å². The van der Waals surface area contributed by atoms with Crippen molar-refractivity contribution in [3.63, 3.8) is 0 Å². The molecule has 0 bridgehead atoms. The Labute approximate surface area is 499 Å². The number of fused-ring (bicyclic) bond motifs is 3. The van der Waals surface area contributed by atoms with Crippen LogP contribution in [0.5, 0.6) is 0 Å². The summed E-state index contributed by atoms with van der Waals surface area (Å²) in [4.78, 5) is 49.7. The highest BCUT2D eigenvalue weighted by molar-refractivity contribution is 5.91. The standard InChI is InChI=1S/C21H17F4N3O2.C21H18F3N3O2.C20H16F4N4O2/c1-12-4-7-17-14(8-12)19(22)27-28(17)11-20(2,30)18(29)10-13-5-6-16(26-3)15(9-13)21(23,24)25;1-13-5-4-6-15-11-27(26-19(13)15)12-20(2,29)18(28)10-14-7-8-17(25-3)16(9-14)21(22,23)24;1-11-4-5-15-13(6-11)17(21)27-28(15)10-19(2,30)16(29)8-12-7-14(20(22,23)24)18(25-3)26-9-12/h4-9,30H,10-11H2,1-2H3;4-9,11,29H,10,12H2,1-2H3;4-7,9,30H,8,10H2,1-2H3/t2*20-;19-/m000/s1. The second-order valence-electron chi connectivity index (χ2n) is 21.6. The highest BCUT2D eigenvalue weighted by Gasteiger charge is 2.39. The number of alkyl halides is 9. The van der Waals surface area contributed by atoms with E-state index >= 15 is 0 Å². The second kappa shape index (κ2) is 25.5. The lowest BCUT2D eigenvalue weighted by molar-refractivity contribution is -0.138. The quantitative estimate of drug-likeness (QED) is 0.0657. The summed E-state index contributed by atoms with van der Waals surface area (Å²) >= 11 is 0. The molecule has 0 fully saturated rings. The maximum Gasteiger partial charge on any atom is 0.409 e. The number of aryl methyl sites for hydroxylation is 3. The zero-order valence-electron chi connectivity index (χ0n) is 47.8. The van der Waals surface area contributed by atoms with Crippen LogP contribution in [-0.4, -0.2) is 83.8 Å². The van der Waals surface area contributed by atoms with Crippen LogP contribution in [-0.2, 0) is 71.8 Å². The number of Topliss-reactive ketones (excluding diaryl/α,β-unsaturated/α-hetero) is 3. The molecule has 0 saturated heterocycles. The van der Waals surface area contributed by atoms with E-state index in [4.69, 9.17) is 19.7 Å². The number of pyridine rings is 1. The first-order chi connectivity index (χ1) is 41.3. The van der Waals surface area contributed by atoms with Crippen LogP contribution >= 0.6 is 0 Å². The summed E-state index contributed by atoms with van der Waals surface area (Å²) in [6, 6.07) is 22.2. The Balaban J connectivity index is 0.000000190. The lowest BCUT2D eigenvalue weighted by atomic mass is 9.94. The maximum atomic E-state index is 14.1. The number of hydrogen-bond acceptors (Lipinski definition) is 10. The van der Waals surface area contributed by atoms with Gasteiger partial charge in [-0.05, 0) is 82.5 Å². The molecule has 0 spiro atoms. The van der Waals surface area contributed by atoms with Gasteiger partial charge in [0.2, 0.25) is 11.9 Å². The monoisotopic (exact) mass is 1240 g/mol. The minimum atomic E-state index is -4.81. The summed E-state index contributed by atoms with van der Waals surface area (Å²) in [5.74, 6) is -4.53. The molecule has 9 rings (SSSR count). The van der Waals surface area contributed by atoms with Crippen LogP contribution in [0.15, 0.2) is 109 Å². The van der Waals surface area contributed by atoms with Crippen LogP contribution in [0.3, 0.4) is 0 Å². The molecule has 0 aliphatic rings. The van der Waals surface area contributed by atoms with Crippen LogP contribution in [0.4, 0.5) is 65.5 Å². The summed E-state index contributed by atoms with van der Waals surface area (Å²) < 4.78 is 150. The number of rotatable bonds is 15. The smallest absolute Gasteiger partial charge is 0.380 e. The average Bonchev–Trinajstić information content (AvgIpc) is 2.06. The van der Waals surface area contributed by atoms with Crippen molar-refractivity contribution in [1.82, 2.24) is 34.3 Å². The van der Waals surface area contributed by atoms with Crippen LogP contribution in [0, 0.1) is 52.4 Å². The van der Waals surface area contributed by atoms with E-state index in [1.54, 1.807) is 56.4 Å². The van der Waals surface area contributed by atoms with Crippen molar-refractivity contribution in [2.75, 3.05) is 0 Å². The summed E-state index contributed by atoms with van der Waals surface area (Å²) in [5, 5.41) is 45.1. The molecule has 0 saturated carbocycles. The van der Waals surface area contributed by atoms with Crippen LogP contribution < -0.4 is 0 Å². The predicted octanol–water partition coefficient (Wildman–Crippen LogP) is 13.1. The lowest BCUT2D eigenvalue weighted by Crippen LogP contribution is -2.41. The molecule has 4 aromatic heterocycles. The average molecular weight is 1240 g/mol. The third-order valence-electron chi connectivity index (χ3n) is 14.1. The van der Waals surface area contributed by atoms with Gasteiger partial charge in [0.1, 0.15) is 23.0 Å². The number of ketones is 3. The zero-order valence-corrected chi connectivity index (χ0v) is 47.8. The fourth-order valence-electron chi connectivity index (χ4n) is 9.29. The number of hydrogen-bond donors (Lipinski definition) is 3. The Morgan fingerprint density at radius 2 is 0.933 bits per heavy atom. The van der Waals surface area contributed by atoms with Gasteiger partial charge in [0.25, 0.3) is 5.82 Å². The Bertz CT molecular complexity index is 4160. The van der Waals surface area contributed by atoms with Gasteiger partial charge < -0.3 is 20.2 Å². The van der Waals surface area contributed by atoms with E-state index in [1.807, 2.05) is 25.1 Å². The van der Waals surface area contributed by atoms with E-state index in [9.17, 15) is 78.0 Å². The number of carbonyl (C=O) groups excluding carboxylic acids is 3. The van der Waals surface area contributed by atoms with Crippen molar-refractivity contribution >= 4 is 67.3 Å². The molecular weight excluding hydrogens is 1190 g/mol. The minimum Gasteiger partial charge on any atom is -0.380 e. The SMILES string of the molecule is [C-]#[N+]c1ccc(CC(=O)[C@@](C)(O)Cn2cc3cccc(C)c3n2)cc1C(F)(F)F.[C-]#[N+]c1ccc(CC(=O)[C@@](C)(O)Cn2nc(F)c3cc(C)ccc32)cc1C(F)(F)F.[C-]#[N+]c1ncc(CC(=O)[C@@](C)(O)Cn2nc(F)c3cc(C)ccc32)cc1C(F)(F)F. The molecule has 0 unspecified atom stereocenters. The van der Waals surface area contributed by atoms with Crippen molar-refractivity contribution in [2.24, 2.45) is 0 Å². The highest BCUT2D eigenvalue weighted by Crippen LogP contribution is 2.40. The molecule has 5 aromatic carbocycles. The normalized spacial score (nSPS) is 13.8. The van der Waals surface area contributed by atoms with Gasteiger partial charge in [-0.25, -0.2) is 9.69 Å². The van der Waals surface area contributed by atoms with Crippen LogP contribution in [0.25, 0.3) is 47.2 Å². The van der Waals surface area contributed by atoms with Gasteiger partial charge in [-0.2, -0.15) is 53.4 Å². The summed E-state index contributed by atoms with van der Waals surface area (Å²) in [6.45, 7) is 28.8.